The van der Waals surface area contributed by atoms with Crippen molar-refractivity contribution in [3.63, 3.8) is 0 Å². The predicted molar refractivity (Wildman–Crippen MR) is 134 cm³/mol. The van der Waals surface area contributed by atoms with Crippen LogP contribution in [0, 0.1) is 0 Å². The Morgan fingerprint density at radius 2 is 1.64 bits per heavy atom. The largest absolute Gasteiger partial charge is 1.00 e. The van der Waals surface area contributed by atoms with Crippen molar-refractivity contribution in [3.05, 3.63) is 18.2 Å². The number of carboxylic acids is 1. The monoisotopic (exact) mass is 672 g/mol. The van der Waals surface area contributed by atoms with E-state index in [0.717, 1.165) is 23.1 Å². The van der Waals surface area contributed by atoms with Crippen LogP contribution in [0.1, 0.15) is 19.8 Å². The molecule has 0 bridgehead atoms. The van der Waals surface area contributed by atoms with Gasteiger partial charge < -0.3 is 24.4 Å². The third-order valence-corrected chi connectivity index (χ3v) is 7.76. The normalized spacial score (nSPS) is 11.5. The molecule has 0 saturated heterocycles. The average molecular weight is 673 g/mol. The van der Waals surface area contributed by atoms with Crippen LogP contribution in [-0.2, 0) is 29.8 Å². The molecule has 204 valence electrons. The number of nitrogens with one attached hydrogen (secondary N) is 1. The average Bonchev–Trinajstić information content (AvgIpc) is 3.21. The van der Waals surface area contributed by atoms with E-state index in [9.17, 15) is 35.5 Å². The molecule has 1 amide bonds. The first-order chi connectivity index (χ1) is 17.2. The maximum atomic E-state index is 11.7. The molecule has 0 radical (unpaired) electrons. The number of azo groups is 1. The van der Waals surface area contributed by atoms with Crippen LogP contribution in [0.3, 0.4) is 0 Å². The SMILES string of the molecule is CC(=O)Nc1cc(N(CCCS(=O)(=O)[O-])CCCS(=O)(=O)[O-])ccc1N=Nc1nnc(SCC(=O)O)s1.[K+].[K+]. The third kappa shape index (κ3) is 17.3. The van der Waals surface area contributed by atoms with Crippen LogP contribution in [0.2, 0.25) is 0 Å². The summed E-state index contributed by atoms with van der Waals surface area (Å²) in [6, 6.07) is 4.56. The molecule has 15 nitrogen and oxygen atoms in total. The first-order valence-corrected chi connectivity index (χ1v) is 15.3. The van der Waals surface area contributed by atoms with Crippen LogP contribution in [-0.4, -0.2) is 83.5 Å². The number of aliphatic carboxylic acids is 1. The number of hydrogen-bond donors (Lipinski definition) is 2. The Balaban J connectivity index is 0.00000722. The third-order valence-electron chi connectivity index (χ3n) is 4.26. The van der Waals surface area contributed by atoms with Crippen molar-refractivity contribution in [1.29, 1.82) is 0 Å². The van der Waals surface area contributed by atoms with E-state index in [2.05, 4.69) is 25.7 Å². The van der Waals surface area contributed by atoms with Crippen molar-refractivity contribution in [3.8, 4) is 0 Å². The molecule has 0 saturated carbocycles. The molecule has 0 atom stereocenters. The van der Waals surface area contributed by atoms with Crippen LogP contribution < -0.4 is 113 Å². The zero-order valence-electron chi connectivity index (χ0n) is 21.3. The fourth-order valence-electron chi connectivity index (χ4n) is 2.85. The Morgan fingerprint density at radius 1 is 1.05 bits per heavy atom. The molecule has 21 heteroatoms. The molecule has 2 aromatic rings. The van der Waals surface area contributed by atoms with E-state index in [4.69, 9.17) is 5.11 Å². The minimum atomic E-state index is -4.46. The number of thioether (sulfide) groups is 1. The van der Waals surface area contributed by atoms with Gasteiger partial charge in [-0.2, -0.15) is 0 Å². The van der Waals surface area contributed by atoms with Crippen molar-refractivity contribution in [2.75, 3.05) is 40.6 Å². The van der Waals surface area contributed by atoms with Crippen LogP contribution in [0.15, 0.2) is 32.8 Å². The zero-order chi connectivity index (χ0) is 27.6. The van der Waals surface area contributed by atoms with Gasteiger partial charge in [0.05, 0.1) is 31.7 Å². The first-order valence-electron chi connectivity index (χ1n) is 10.4. The van der Waals surface area contributed by atoms with Gasteiger partial charge in [0.15, 0.2) is 4.34 Å². The molecule has 1 heterocycles. The molecular weight excluding hydrogens is 651 g/mol. The van der Waals surface area contributed by atoms with E-state index in [1.54, 1.807) is 11.0 Å². The van der Waals surface area contributed by atoms with Crippen LogP contribution in [0.5, 0.6) is 0 Å². The van der Waals surface area contributed by atoms with Crippen LogP contribution >= 0.6 is 23.1 Å². The summed E-state index contributed by atoms with van der Waals surface area (Å²) < 4.78 is 66.2. The zero-order valence-corrected chi connectivity index (χ0v) is 30.8. The Bertz CT molecular complexity index is 1320. The second-order valence-corrected chi connectivity index (χ2v) is 12.6. The van der Waals surface area contributed by atoms with E-state index in [-0.39, 0.29) is 151 Å². The summed E-state index contributed by atoms with van der Waals surface area (Å²) in [5.74, 6) is -2.91. The minimum absolute atomic E-state index is 0. The topological polar surface area (TPSA) is 235 Å². The van der Waals surface area contributed by atoms with Crippen molar-refractivity contribution in [1.82, 2.24) is 10.2 Å². The summed E-state index contributed by atoms with van der Waals surface area (Å²) in [6.45, 7) is 1.38. The maximum Gasteiger partial charge on any atom is 1.00 e. The Kier molecular flexibility index (Phi) is 19.2. The van der Waals surface area contributed by atoms with E-state index < -0.39 is 43.6 Å². The number of hydrogen-bond acceptors (Lipinski definition) is 15. The smallest absolute Gasteiger partial charge is 0.748 e. The number of carbonyl (C=O) groups is 2. The van der Waals surface area contributed by atoms with Crippen molar-refractivity contribution in [2.45, 2.75) is 24.1 Å². The molecule has 0 spiro atoms. The molecule has 2 N–H and O–H groups in total. The van der Waals surface area contributed by atoms with Crippen molar-refractivity contribution < 1.29 is 143 Å². The molecule has 0 aliphatic rings. The molecular formula is C18H22K2N6O9S4. The van der Waals surface area contributed by atoms with Gasteiger partial charge >= 0.3 is 109 Å². The van der Waals surface area contributed by atoms with Crippen molar-refractivity contribution in [2.24, 2.45) is 10.2 Å². The van der Waals surface area contributed by atoms with E-state index in [1.807, 2.05) is 0 Å². The van der Waals surface area contributed by atoms with E-state index in [0.29, 0.717) is 10.0 Å². The summed E-state index contributed by atoms with van der Waals surface area (Å²) in [5, 5.41) is 27.1. The van der Waals surface area contributed by atoms with Gasteiger partial charge in [0.1, 0.15) is 5.69 Å². The van der Waals surface area contributed by atoms with Gasteiger partial charge in [-0.15, -0.1) is 20.4 Å². The molecule has 0 fully saturated rings. The summed E-state index contributed by atoms with van der Waals surface area (Å²) >= 11 is 1.99. The molecule has 0 aliphatic carbocycles. The van der Waals surface area contributed by atoms with Gasteiger partial charge in [-0.3, -0.25) is 9.59 Å². The quantitative estimate of drug-likeness (QED) is 0.0791. The second kappa shape index (κ2) is 19.0. The predicted octanol–water partition coefficient (Wildman–Crippen LogP) is -4.23. The Labute approximate surface area is 318 Å². The summed E-state index contributed by atoms with van der Waals surface area (Å²) in [7, 11) is -8.93. The number of amides is 1. The Hall–Kier alpha value is 0.563. The Morgan fingerprint density at radius 3 is 2.15 bits per heavy atom. The first kappa shape index (κ1) is 39.6. The molecule has 2 rings (SSSR count). The molecule has 1 aromatic heterocycles. The van der Waals surface area contributed by atoms with Gasteiger partial charge in [0.2, 0.25) is 5.91 Å². The number of rotatable bonds is 15. The summed E-state index contributed by atoms with van der Waals surface area (Å²) in [4.78, 5) is 24.0. The molecule has 0 unspecified atom stereocenters. The number of benzene rings is 1. The second-order valence-electron chi connectivity index (χ2n) is 7.33. The number of nitrogens with zero attached hydrogens (tertiary/aromatic N) is 5. The summed E-state index contributed by atoms with van der Waals surface area (Å²) in [6.07, 6.45) is -0.0989. The molecule has 39 heavy (non-hydrogen) atoms. The standard InChI is InChI=1S/C18H24N6O9S4.2K/c1-12(25)19-15-10-13(24(6-2-8-36(28,29)30)7-3-9-37(31,32)33)4-5-14(15)20-21-17-22-23-18(35-17)34-11-16(26)27;;/h4-5,10H,2-3,6-9,11H2,1H3,(H,19,25)(H,26,27)(H,28,29,30)(H,31,32,33);;/q;2*+1/p-2. The van der Waals surface area contributed by atoms with Gasteiger partial charge in [0.25, 0.3) is 5.13 Å². The van der Waals surface area contributed by atoms with E-state index >= 15 is 0 Å². The molecule has 0 aliphatic heterocycles. The fraction of sp³-hybridized carbons (Fsp3) is 0.444. The van der Waals surface area contributed by atoms with Crippen molar-refractivity contribution >= 4 is 77.4 Å². The number of aromatic nitrogens is 2. The number of carboxylic acid groups (broad SMARTS) is 1. The fourth-order valence-corrected chi connectivity index (χ4v) is 5.20. The van der Waals surface area contributed by atoms with Gasteiger partial charge in [0, 0.05) is 37.2 Å². The van der Waals surface area contributed by atoms with E-state index in [1.165, 1.54) is 19.1 Å². The van der Waals surface area contributed by atoms with Crippen LogP contribution in [0.4, 0.5) is 22.2 Å². The van der Waals surface area contributed by atoms with Gasteiger partial charge in [-0.25, -0.2) is 16.8 Å². The molecule has 1 aromatic carbocycles. The number of anilines is 2. The van der Waals surface area contributed by atoms with Crippen LogP contribution in [0.25, 0.3) is 0 Å². The van der Waals surface area contributed by atoms with Gasteiger partial charge in [-0.05, 0) is 31.0 Å². The van der Waals surface area contributed by atoms with Gasteiger partial charge in [-0.1, -0.05) is 23.1 Å². The number of carbonyl (C=O) groups excluding carboxylic acids is 1. The summed E-state index contributed by atoms with van der Waals surface area (Å²) in [5.41, 5.74) is 0.882. The minimum Gasteiger partial charge on any atom is -0.748 e. The maximum absolute atomic E-state index is 11.7.